The fourth-order valence-corrected chi connectivity index (χ4v) is 3.29. The van der Waals surface area contributed by atoms with Gasteiger partial charge in [-0.15, -0.1) is 0 Å². The minimum Gasteiger partial charge on any atom is -0.495 e. The third kappa shape index (κ3) is 4.07. The van der Waals surface area contributed by atoms with Crippen molar-refractivity contribution in [1.29, 1.82) is 0 Å². The average Bonchev–Trinajstić information content (AvgIpc) is 2.62. The molecular weight excluding hydrogens is 338 g/mol. The van der Waals surface area contributed by atoms with Crippen molar-refractivity contribution in [2.45, 2.75) is 38.7 Å². The molecule has 25 heavy (non-hydrogen) atoms. The summed E-state index contributed by atoms with van der Waals surface area (Å²) in [6, 6.07) is 11.2. The van der Waals surface area contributed by atoms with Crippen molar-refractivity contribution in [2.24, 2.45) is 0 Å². The molecule has 0 bridgehead atoms. The molecule has 0 heterocycles. The van der Waals surface area contributed by atoms with E-state index < -0.39 is 6.10 Å². The van der Waals surface area contributed by atoms with Crippen molar-refractivity contribution in [2.75, 3.05) is 12.4 Å². The zero-order chi connectivity index (χ0) is 17.8. The highest BCUT2D eigenvalue weighted by Crippen LogP contribution is 2.31. The van der Waals surface area contributed by atoms with Gasteiger partial charge in [0.25, 0.3) is 5.91 Å². The Morgan fingerprint density at radius 1 is 1.16 bits per heavy atom. The highest BCUT2D eigenvalue weighted by atomic mass is 35.5. The Kier molecular flexibility index (Phi) is 5.49. The van der Waals surface area contributed by atoms with Crippen molar-refractivity contribution in [3.8, 4) is 11.5 Å². The molecule has 1 aliphatic rings. The summed E-state index contributed by atoms with van der Waals surface area (Å²) in [6.45, 7) is 1.74. The fourth-order valence-electron chi connectivity index (χ4n) is 3.11. The van der Waals surface area contributed by atoms with Crippen LogP contribution in [0.15, 0.2) is 36.4 Å². The number of halogens is 1. The summed E-state index contributed by atoms with van der Waals surface area (Å²) in [7, 11) is 1.55. The van der Waals surface area contributed by atoms with Crippen LogP contribution in [-0.4, -0.2) is 19.1 Å². The number of amides is 1. The maximum absolute atomic E-state index is 12.5. The SMILES string of the molecule is COc1ccc(Cl)cc1NC(=O)[C@@H](C)Oc1cccc2c1CCCC2. The van der Waals surface area contributed by atoms with E-state index in [0.29, 0.717) is 16.5 Å². The Bertz CT molecular complexity index is 776. The number of methoxy groups -OCH3 is 1. The van der Waals surface area contributed by atoms with E-state index >= 15 is 0 Å². The Hall–Kier alpha value is -2.20. The van der Waals surface area contributed by atoms with Crippen LogP contribution in [0.2, 0.25) is 5.02 Å². The van der Waals surface area contributed by atoms with Gasteiger partial charge in [-0.1, -0.05) is 23.7 Å². The summed E-state index contributed by atoms with van der Waals surface area (Å²) in [5, 5.41) is 3.36. The molecule has 0 unspecified atom stereocenters. The number of nitrogens with one attached hydrogen (secondary N) is 1. The highest BCUT2D eigenvalue weighted by molar-refractivity contribution is 6.31. The van der Waals surface area contributed by atoms with E-state index in [1.54, 1.807) is 32.2 Å². The maximum atomic E-state index is 12.5. The molecule has 132 valence electrons. The maximum Gasteiger partial charge on any atom is 0.265 e. The molecule has 5 heteroatoms. The number of aryl methyl sites for hydroxylation is 1. The molecule has 3 rings (SSSR count). The molecule has 0 aromatic heterocycles. The molecule has 1 N–H and O–H groups in total. The van der Waals surface area contributed by atoms with Crippen LogP contribution >= 0.6 is 11.6 Å². The summed E-state index contributed by atoms with van der Waals surface area (Å²) in [6.07, 6.45) is 3.82. The van der Waals surface area contributed by atoms with Crippen molar-refractivity contribution in [3.63, 3.8) is 0 Å². The molecule has 0 fully saturated rings. The third-order valence-corrected chi connectivity index (χ3v) is 4.68. The van der Waals surface area contributed by atoms with Crippen LogP contribution in [-0.2, 0) is 17.6 Å². The Morgan fingerprint density at radius 3 is 2.76 bits per heavy atom. The first-order valence-corrected chi connectivity index (χ1v) is 8.88. The first-order chi connectivity index (χ1) is 12.1. The smallest absolute Gasteiger partial charge is 0.265 e. The number of fused-ring (bicyclic) bond motifs is 1. The predicted molar refractivity (Wildman–Crippen MR) is 99.8 cm³/mol. The van der Waals surface area contributed by atoms with Crippen LogP contribution in [0.5, 0.6) is 11.5 Å². The lowest BCUT2D eigenvalue weighted by Gasteiger charge is -2.22. The first kappa shape index (κ1) is 17.6. The average molecular weight is 360 g/mol. The molecule has 2 aromatic rings. The summed E-state index contributed by atoms with van der Waals surface area (Å²) < 4.78 is 11.2. The number of carbonyl (C=O) groups is 1. The topological polar surface area (TPSA) is 47.6 Å². The number of hydrogen-bond acceptors (Lipinski definition) is 3. The summed E-state index contributed by atoms with van der Waals surface area (Å²) >= 11 is 6.01. The van der Waals surface area contributed by atoms with Crippen LogP contribution in [0, 0.1) is 0 Å². The van der Waals surface area contributed by atoms with Gasteiger partial charge in [-0.05, 0) is 68.0 Å². The van der Waals surface area contributed by atoms with Gasteiger partial charge in [0, 0.05) is 5.02 Å². The van der Waals surface area contributed by atoms with E-state index in [1.165, 1.54) is 17.5 Å². The number of hydrogen-bond donors (Lipinski definition) is 1. The Labute approximate surface area is 153 Å². The van der Waals surface area contributed by atoms with E-state index in [1.807, 2.05) is 12.1 Å². The molecule has 0 saturated carbocycles. The van der Waals surface area contributed by atoms with E-state index in [-0.39, 0.29) is 5.91 Å². The van der Waals surface area contributed by atoms with Crippen LogP contribution in [0.25, 0.3) is 0 Å². The van der Waals surface area contributed by atoms with Crippen LogP contribution in [0.4, 0.5) is 5.69 Å². The molecular formula is C20H22ClNO3. The largest absolute Gasteiger partial charge is 0.495 e. The van der Waals surface area contributed by atoms with Gasteiger partial charge in [0.1, 0.15) is 11.5 Å². The molecule has 1 amide bonds. The lowest BCUT2D eigenvalue weighted by Crippen LogP contribution is -2.30. The number of rotatable bonds is 5. The van der Waals surface area contributed by atoms with Gasteiger partial charge in [0.05, 0.1) is 12.8 Å². The zero-order valence-electron chi connectivity index (χ0n) is 14.5. The second-order valence-electron chi connectivity index (χ2n) is 6.19. The van der Waals surface area contributed by atoms with Gasteiger partial charge in [0.15, 0.2) is 6.10 Å². The fraction of sp³-hybridized carbons (Fsp3) is 0.350. The first-order valence-electron chi connectivity index (χ1n) is 8.50. The minimum absolute atomic E-state index is 0.242. The van der Waals surface area contributed by atoms with Crippen LogP contribution < -0.4 is 14.8 Å². The zero-order valence-corrected chi connectivity index (χ0v) is 15.2. The van der Waals surface area contributed by atoms with Crippen LogP contribution in [0.3, 0.4) is 0 Å². The third-order valence-electron chi connectivity index (χ3n) is 4.45. The number of carbonyl (C=O) groups excluding carboxylic acids is 1. The lowest BCUT2D eigenvalue weighted by molar-refractivity contribution is -0.122. The van der Waals surface area contributed by atoms with E-state index in [4.69, 9.17) is 21.1 Å². The molecule has 0 aliphatic heterocycles. The van der Waals surface area contributed by atoms with Gasteiger partial charge < -0.3 is 14.8 Å². The molecule has 2 aromatic carbocycles. The lowest BCUT2D eigenvalue weighted by atomic mass is 9.91. The molecule has 0 spiro atoms. The molecule has 4 nitrogen and oxygen atoms in total. The Morgan fingerprint density at radius 2 is 1.96 bits per heavy atom. The normalized spacial score (nSPS) is 14.4. The highest BCUT2D eigenvalue weighted by Gasteiger charge is 2.20. The van der Waals surface area contributed by atoms with Crippen molar-refractivity contribution < 1.29 is 14.3 Å². The standard InChI is InChI=1S/C20H22ClNO3/c1-13(20(23)22-17-12-15(21)10-11-19(17)24-2)25-18-9-5-7-14-6-3-4-8-16(14)18/h5,7,9-13H,3-4,6,8H2,1-2H3,(H,22,23)/t13-/m1/s1. The number of benzene rings is 2. The second-order valence-corrected chi connectivity index (χ2v) is 6.63. The number of ether oxygens (including phenoxy) is 2. The molecule has 1 aliphatic carbocycles. The molecule has 0 radical (unpaired) electrons. The van der Waals surface area contributed by atoms with Gasteiger partial charge in [-0.25, -0.2) is 0 Å². The second kappa shape index (κ2) is 7.79. The predicted octanol–water partition coefficient (Wildman–Crippen LogP) is 4.63. The van der Waals surface area contributed by atoms with Crippen molar-refractivity contribution in [3.05, 3.63) is 52.5 Å². The van der Waals surface area contributed by atoms with Crippen molar-refractivity contribution in [1.82, 2.24) is 0 Å². The van der Waals surface area contributed by atoms with E-state index in [9.17, 15) is 4.79 Å². The van der Waals surface area contributed by atoms with Gasteiger partial charge in [-0.3, -0.25) is 4.79 Å². The van der Waals surface area contributed by atoms with E-state index in [2.05, 4.69) is 11.4 Å². The number of anilines is 1. The summed E-state index contributed by atoms with van der Waals surface area (Å²) in [5.74, 6) is 1.12. The molecule has 1 atom stereocenters. The quantitative estimate of drug-likeness (QED) is 0.846. The molecule has 0 saturated heterocycles. The van der Waals surface area contributed by atoms with E-state index in [0.717, 1.165) is 25.0 Å². The van der Waals surface area contributed by atoms with Gasteiger partial charge in [-0.2, -0.15) is 0 Å². The van der Waals surface area contributed by atoms with Gasteiger partial charge >= 0.3 is 0 Å². The summed E-state index contributed by atoms with van der Waals surface area (Å²) in [5.41, 5.74) is 3.09. The van der Waals surface area contributed by atoms with Crippen molar-refractivity contribution >= 4 is 23.2 Å². The minimum atomic E-state index is -0.628. The summed E-state index contributed by atoms with van der Waals surface area (Å²) in [4.78, 5) is 12.5. The van der Waals surface area contributed by atoms with Gasteiger partial charge in [0.2, 0.25) is 0 Å². The Balaban J connectivity index is 1.73. The van der Waals surface area contributed by atoms with Crippen LogP contribution in [0.1, 0.15) is 30.9 Å². The monoisotopic (exact) mass is 359 g/mol.